The Kier molecular flexibility index (Phi) is 4.26. The van der Waals surface area contributed by atoms with Crippen molar-refractivity contribution in [1.29, 1.82) is 0 Å². The number of hydrogen-bond acceptors (Lipinski definition) is 3. The van der Waals surface area contributed by atoms with E-state index < -0.39 is 0 Å². The van der Waals surface area contributed by atoms with E-state index in [1.54, 1.807) is 0 Å². The minimum Gasteiger partial charge on any atom is -0.396 e. The molecule has 0 aromatic heterocycles. The lowest BCUT2D eigenvalue weighted by atomic mass is 10.3. The van der Waals surface area contributed by atoms with Crippen molar-refractivity contribution in [2.75, 3.05) is 12.4 Å². The highest BCUT2D eigenvalue weighted by molar-refractivity contribution is 7.99. The third-order valence-corrected chi connectivity index (χ3v) is 3.51. The van der Waals surface area contributed by atoms with E-state index in [4.69, 9.17) is 10.8 Å². The second-order valence-electron chi connectivity index (χ2n) is 3.14. The molecule has 66 valence electrons. The monoisotopic (exact) mass is 175 g/mol. The molecule has 1 aliphatic rings. The summed E-state index contributed by atoms with van der Waals surface area (Å²) < 4.78 is 0. The number of rotatable bonds is 4. The molecule has 1 saturated carbocycles. The van der Waals surface area contributed by atoms with Crippen molar-refractivity contribution in [2.24, 2.45) is 5.73 Å². The number of aliphatic hydroxyl groups excluding tert-OH is 1. The van der Waals surface area contributed by atoms with Crippen LogP contribution in [0.2, 0.25) is 0 Å². The summed E-state index contributed by atoms with van der Waals surface area (Å²) in [5.41, 5.74) is 5.77. The number of aliphatic hydroxyl groups is 1. The van der Waals surface area contributed by atoms with Crippen LogP contribution < -0.4 is 5.73 Å². The fraction of sp³-hybridized carbons (Fsp3) is 1.00. The van der Waals surface area contributed by atoms with Crippen LogP contribution in [0.5, 0.6) is 0 Å². The van der Waals surface area contributed by atoms with Crippen LogP contribution >= 0.6 is 11.8 Å². The number of nitrogens with two attached hydrogens (primary N) is 1. The minimum absolute atomic E-state index is 0.325. The highest BCUT2D eigenvalue weighted by Crippen LogP contribution is 2.28. The Balaban J connectivity index is 1.99. The van der Waals surface area contributed by atoms with Gasteiger partial charge < -0.3 is 10.8 Å². The molecule has 0 saturated heterocycles. The molecule has 1 aliphatic carbocycles. The van der Waals surface area contributed by atoms with Crippen molar-refractivity contribution in [3.8, 4) is 0 Å². The van der Waals surface area contributed by atoms with Gasteiger partial charge in [-0.15, -0.1) is 0 Å². The normalized spacial score (nSPS) is 31.1. The molecule has 3 N–H and O–H groups in total. The molecule has 2 nitrogen and oxygen atoms in total. The zero-order chi connectivity index (χ0) is 8.10. The van der Waals surface area contributed by atoms with Crippen molar-refractivity contribution in [1.82, 2.24) is 0 Å². The van der Waals surface area contributed by atoms with Gasteiger partial charge in [-0.1, -0.05) is 0 Å². The van der Waals surface area contributed by atoms with E-state index in [0.717, 1.165) is 17.4 Å². The van der Waals surface area contributed by atoms with Crippen molar-refractivity contribution in [3.05, 3.63) is 0 Å². The van der Waals surface area contributed by atoms with Crippen LogP contribution in [0.3, 0.4) is 0 Å². The van der Waals surface area contributed by atoms with Crippen LogP contribution in [0.4, 0.5) is 0 Å². The van der Waals surface area contributed by atoms with Crippen LogP contribution in [0.1, 0.15) is 25.7 Å². The molecule has 2 atom stereocenters. The smallest absolute Gasteiger partial charge is 0.0438 e. The van der Waals surface area contributed by atoms with Gasteiger partial charge in [0.25, 0.3) is 0 Å². The lowest BCUT2D eigenvalue weighted by molar-refractivity contribution is 0.296. The van der Waals surface area contributed by atoms with Crippen LogP contribution in [0.15, 0.2) is 0 Å². The van der Waals surface area contributed by atoms with E-state index in [1.807, 2.05) is 11.8 Å². The Bertz CT molecular complexity index is 110. The fourth-order valence-electron chi connectivity index (χ4n) is 1.44. The Morgan fingerprint density at radius 2 is 2.27 bits per heavy atom. The zero-order valence-corrected chi connectivity index (χ0v) is 7.65. The van der Waals surface area contributed by atoms with Crippen LogP contribution in [0, 0.1) is 0 Å². The molecule has 0 aromatic rings. The maximum Gasteiger partial charge on any atom is 0.0438 e. The zero-order valence-electron chi connectivity index (χ0n) is 6.83. The van der Waals surface area contributed by atoms with Crippen molar-refractivity contribution >= 4 is 11.8 Å². The van der Waals surface area contributed by atoms with Gasteiger partial charge in [0, 0.05) is 17.9 Å². The van der Waals surface area contributed by atoms with Gasteiger partial charge in [-0.2, -0.15) is 11.8 Å². The van der Waals surface area contributed by atoms with E-state index in [2.05, 4.69) is 0 Å². The summed E-state index contributed by atoms with van der Waals surface area (Å²) in [5.74, 6) is 1.09. The highest BCUT2D eigenvalue weighted by Gasteiger charge is 2.21. The molecule has 0 heterocycles. The first-order valence-electron chi connectivity index (χ1n) is 4.31. The van der Waals surface area contributed by atoms with E-state index in [1.165, 1.54) is 19.3 Å². The molecule has 0 bridgehead atoms. The van der Waals surface area contributed by atoms with Gasteiger partial charge in [0.15, 0.2) is 0 Å². The summed E-state index contributed by atoms with van der Waals surface area (Å²) in [5, 5.41) is 9.33. The second kappa shape index (κ2) is 5.01. The van der Waals surface area contributed by atoms with E-state index >= 15 is 0 Å². The van der Waals surface area contributed by atoms with Gasteiger partial charge in [-0.05, 0) is 31.4 Å². The van der Waals surface area contributed by atoms with Crippen LogP contribution in [-0.4, -0.2) is 28.8 Å². The molecule has 0 spiro atoms. The predicted molar refractivity (Wildman–Crippen MR) is 49.8 cm³/mol. The number of hydrogen-bond donors (Lipinski definition) is 2. The SMILES string of the molecule is NC1CCC(SCCCO)C1. The Hall–Kier alpha value is 0.270. The van der Waals surface area contributed by atoms with Gasteiger partial charge in [0.2, 0.25) is 0 Å². The molecule has 0 aliphatic heterocycles. The van der Waals surface area contributed by atoms with Gasteiger partial charge in [0.05, 0.1) is 0 Å². The Morgan fingerprint density at radius 3 is 2.82 bits per heavy atom. The van der Waals surface area contributed by atoms with Gasteiger partial charge >= 0.3 is 0 Å². The summed E-state index contributed by atoms with van der Waals surface area (Å²) in [6, 6.07) is 0.446. The first-order valence-corrected chi connectivity index (χ1v) is 5.36. The average Bonchev–Trinajstić information content (AvgIpc) is 2.37. The molecule has 2 unspecified atom stereocenters. The Morgan fingerprint density at radius 1 is 1.45 bits per heavy atom. The third-order valence-electron chi connectivity index (χ3n) is 2.08. The first-order chi connectivity index (χ1) is 5.33. The van der Waals surface area contributed by atoms with Gasteiger partial charge in [-0.3, -0.25) is 0 Å². The predicted octanol–water partition coefficient (Wildman–Crippen LogP) is 0.982. The van der Waals surface area contributed by atoms with Crippen molar-refractivity contribution in [3.63, 3.8) is 0 Å². The quantitative estimate of drug-likeness (QED) is 0.626. The first kappa shape index (κ1) is 9.36. The summed E-state index contributed by atoms with van der Waals surface area (Å²) in [4.78, 5) is 0. The maximum absolute atomic E-state index is 8.55. The standard InChI is InChI=1S/C8H17NOS/c9-7-2-3-8(6-7)11-5-1-4-10/h7-8,10H,1-6,9H2. The lowest BCUT2D eigenvalue weighted by Crippen LogP contribution is -2.15. The van der Waals surface area contributed by atoms with Gasteiger partial charge in [0.1, 0.15) is 0 Å². The molecule has 0 amide bonds. The van der Waals surface area contributed by atoms with E-state index in [0.29, 0.717) is 12.6 Å². The molecule has 1 rings (SSSR count). The van der Waals surface area contributed by atoms with E-state index in [-0.39, 0.29) is 0 Å². The second-order valence-corrected chi connectivity index (χ2v) is 4.55. The maximum atomic E-state index is 8.55. The van der Waals surface area contributed by atoms with E-state index in [9.17, 15) is 0 Å². The molecule has 0 radical (unpaired) electrons. The lowest BCUT2D eigenvalue weighted by Gasteiger charge is -2.07. The summed E-state index contributed by atoms with van der Waals surface area (Å²) in [6.45, 7) is 0.325. The minimum atomic E-state index is 0.325. The molecular formula is C8H17NOS. The molecule has 3 heteroatoms. The van der Waals surface area contributed by atoms with Crippen LogP contribution in [-0.2, 0) is 0 Å². The van der Waals surface area contributed by atoms with Crippen LogP contribution in [0.25, 0.3) is 0 Å². The average molecular weight is 175 g/mol. The summed E-state index contributed by atoms with van der Waals surface area (Å²) in [6.07, 6.45) is 4.57. The molecular weight excluding hydrogens is 158 g/mol. The summed E-state index contributed by atoms with van der Waals surface area (Å²) >= 11 is 1.97. The third kappa shape index (κ3) is 3.45. The summed E-state index contributed by atoms with van der Waals surface area (Å²) in [7, 11) is 0. The van der Waals surface area contributed by atoms with Gasteiger partial charge in [-0.25, -0.2) is 0 Å². The fourth-order valence-corrected chi connectivity index (χ4v) is 2.75. The molecule has 11 heavy (non-hydrogen) atoms. The topological polar surface area (TPSA) is 46.2 Å². The molecule has 0 aromatic carbocycles. The van der Waals surface area contributed by atoms with Crippen molar-refractivity contribution in [2.45, 2.75) is 37.0 Å². The largest absolute Gasteiger partial charge is 0.396 e. The Labute approximate surface area is 72.5 Å². The molecule has 1 fully saturated rings. The van der Waals surface area contributed by atoms with Crippen molar-refractivity contribution < 1.29 is 5.11 Å². The highest BCUT2D eigenvalue weighted by atomic mass is 32.2. The number of thioether (sulfide) groups is 1.